The molecule has 6 heteroatoms. The Hall–Kier alpha value is -0.240. The van der Waals surface area contributed by atoms with E-state index in [-0.39, 0.29) is 13.1 Å². The molecule has 0 spiro atoms. The number of nitrogens with one attached hydrogen (secondary N) is 2. The summed E-state index contributed by atoms with van der Waals surface area (Å²) in [5.74, 6) is 0. The molecule has 0 fully saturated rings. The highest BCUT2D eigenvalue weighted by atomic mass is 16.4. The van der Waals surface area contributed by atoms with Crippen molar-refractivity contribution in [3.63, 3.8) is 0 Å². The maximum Gasteiger partial charge on any atom is 0.110 e. The van der Waals surface area contributed by atoms with Crippen molar-refractivity contribution in [2.45, 2.75) is 218 Å². The second-order valence-electron chi connectivity index (χ2n) is 13.7. The highest BCUT2D eigenvalue weighted by Gasteiger charge is 2.29. The van der Waals surface area contributed by atoms with E-state index in [9.17, 15) is 20.4 Å². The Morgan fingerprint density at radius 2 is 0.523 bits per heavy atom. The van der Waals surface area contributed by atoms with Crippen LogP contribution >= 0.6 is 0 Å². The third-order valence-corrected chi connectivity index (χ3v) is 9.26. The Bertz CT molecular complexity index is 493. The van der Waals surface area contributed by atoms with Gasteiger partial charge in [0.1, 0.15) is 12.2 Å². The van der Waals surface area contributed by atoms with Crippen molar-refractivity contribution in [2.75, 3.05) is 26.2 Å². The average Bonchev–Trinajstić information content (AvgIpc) is 3.03. The Kier molecular flexibility index (Phi) is 35.4. The van der Waals surface area contributed by atoms with Gasteiger partial charge in [-0.25, -0.2) is 0 Å². The SMILES string of the molecule is CCCCCCCCCCCCCCCCNCC(O)C(O)C(O)C(O)CNCCCCCCCCCCCCCCCC. The van der Waals surface area contributed by atoms with Gasteiger partial charge in [-0.2, -0.15) is 0 Å². The lowest BCUT2D eigenvalue weighted by atomic mass is 10.0. The Balaban J connectivity index is 3.50. The van der Waals surface area contributed by atoms with Gasteiger partial charge in [-0.15, -0.1) is 0 Å². The van der Waals surface area contributed by atoms with Crippen LogP contribution in [0.5, 0.6) is 0 Å². The lowest BCUT2D eigenvalue weighted by Gasteiger charge is -2.27. The summed E-state index contributed by atoms with van der Waals surface area (Å²) in [5, 5.41) is 47.5. The molecule has 0 aliphatic carbocycles. The zero-order valence-electron chi connectivity index (χ0n) is 29.7. The standard InChI is InChI=1S/C38H80N2O4/c1-3-5-7-9-11-13-15-17-19-21-23-25-27-29-31-39-33-35(41)37(43)38(44)36(42)34-40-32-30-28-26-24-22-20-18-16-14-12-10-8-6-4-2/h35-44H,3-34H2,1-2H3. The highest BCUT2D eigenvalue weighted by molar-refractivity contribution is 4.83. The molecule has 0 rings (SSSR count). The smallest absolute Gasteiger partial charge is 0.110 e. The molecular formula is C38H80N2O4. The first-order valence-corrected chi connectivity index (χ1v) is 19.7. The first-order chi connectivity index (χ1) is 21.5. The van der Waals surface area contributed by atoms with E-state index in [1.807, 2.05) is 0 Å². The van der Waals surface area contributed by atoms with Crippen LogP contribution in [0.1, 0.15) is 194 Å². The van der Waals surface area contributed by atoms with Crippen LogP contribution < -0.4 is 10.6 Å². The molecule has 0 aromatic rings. The van der Waals surface area contributed by atoms with Gasteiger partial charge in [0.05, 0.1) is 12.2 Å². The van der Waals surface area contributed by atoms with Crippen molar-refractivity contribution in [3.8, 4) is 0 Å². The topological polar surface area (TPSA) is 105 Å². The van der Waals surface area contributed by atoms with Crippen molar-refractivity contribution in [2.24, 2.45) is 0 Å². The second-order valence-corrected chi connectivity index (χ2v) is 13.7. The fraction of sp³-hybridized carbons (Fsp3) is 1.00. The Morgan fingerprint density at radius 3 is 0.750 bits per heavy atom. The minimum Gasteiger partial charge on any atom is -0.389 e. The Labute approximate surface area is 275 Å². The monoisotopic (exact) mass is 629 g/mol. The Morgan fingerprint density at radius 1 is 0.318 bits per heavy atom. The van der Waals surface area contributed by atoms with Crippen LogP contribution in [0.4, 0.5) is 0 Å². The maximum absolute atomic E-state index is 10.3. The van der Waals surface area contributed by atoms with Gasteiger partial charge in [-0.1, -0.05) is 181 Å². The molecule has 0 saturated carbocycles. The van der Waals surface area contributed by atoms with Gasteiger partial charge in [0, 0.05) is 13.1 Å². The van der Waals surface area contributed by atoms with Crippen LogP contribution in [0, 0.1) is 0 Å². The zero-order valence-corrected chi connectivity index (χ0v) is 29.7. The van der Waals surface area contributed by atoms with Gasteiger partial charge in [0.2, 0.25) is 0 Å². The molecule has 0 aromatic heterocycles. The van der Waals surface area contributed by atoms with Crippen LogP contribution in [0.25, 0.3) is 0 Å². The van der Waals surface area contributed by atoms with Crippen molar-refractivity contribution >= 4 is 0 Å². The van der Waals surface area contributed by atoms with Gasteiger partial charge in [0.25, 0.3) is 0 Å². The number of unbranched alkanes of at least 4 members (excludes halogenated alkanes) is 26. The summed E-state index contributed by atoms with van der Waals surface area (Å²) in [7, 11) is 0. The van der Waals surface area contributed by atoms with Crippen LogP contribution in [0.15, 0.2) is 0 Å². The van der Waals surface area contributed by atoms with E-state index in [0.717, 1.165) is 25.9 Å². The number of aliphatic hydroxyl groups excluding tert-OH is 4. The first-order valence-electron chi connectivity index (χ1n) is 19.7. The van der Waals surface area contributed by atoms with E-state index in [0.29, 0.717) is 0 Å². The normalized spacial score (nSPS) is 14.6. The number of hydrogen-bond donors (Lipinski definition) is 6. The van der Waals surface area contributed by atoms with Crippen LogP contribution in [0.2, 0.25) is 0 Å². The minimum absolute atomic E-state index is 0.218. The molecule has 0 aliphatic heterocycles. The van der Waals surface area contributed by atoms with Crippen molar-refractivity contribution in [3.05, 3.63) is 0 Å². The molecule has 0 heterocycles. The molecule has 44 heavy (non-hydrogen) atoms. The maximum atomic E-state index is 10.3. The highest BCUT2D eigenvalue weighted by Crippen LogP contribution is 2.14. The predicted octanol–water partition coefficient (Wildman–Crippen LogP) is 8.57. The summed E-state index contributed by atoms with van der Waals surface area (Å²) in [6.45, 7) is 6.56. The summed E-state index contributed by atoms with van der Waals surface area (Å²) in [6.07, 6.45) is 32.3. The number of hydrogen-bond acceptors (Lipinski definition) is 6. The van der Waals surface area contributed by atoms with E-state index >= 15 is 0 Å². The molecule has 0 saturated heterocycles. The summed E-state index contributed by atoms with van der Waals surface area (Å²) >= 11 is 0. The largest absolute Gasteiger partial charge is 0.389 e. The van der Waals surface area contributed by atoms with Crippen molar-refractivity contribution < 1.29 is 20.4 Å². The third-order valence-electron chi connectivity index (χ3n) is 9.26. The van der Waals surface area contributed by atoms with Gasteiger partial charge >= 0.3 is 0 Å². The summed E-state index contributed by atoms with van der Waals surface area (Å²) < 4.78 is 0. The summed E-state index contributed by atoms with van der Waals surface area (Å²) in [5.41, 5.74) is 0. The van der Waals surface area contributed by atoms with Gasteiger partial charge in [0.15, 0.2) is 0 Å². The van der Waals surface area contributed by atoms with Crippen LogP contribution in [-0.2, 0) is 0 Å². The molecule has 0 bridgehead atoms. The molecular weight excluding hydrogens is 548 g/mol. The average molecular weight is 629 g/mol. The number of aliphatic hydroxyl groups is 4. The van der Waals surface area contributed by atoms with Gasteiger partial charge < -0.3 is 31.1 Å². The van der Waals surface area contributed by atoms with E-state index in [2.05, 4.69) is 24.5 Å². The van der Waals surface area contributed by atoms with Gasteiger partial charge in [-0.05, 0) is 25.9 Å². The third kappa shape index (κ3) is 30.4. The molecule has 6 nitrogen and oxygen atoms in total. The first kappa shape index (κ1) is 43.8. The van der Waals surface area contributed by atoms with E-state index in [1.165, 1.54) is 167 Å². The molecule has 0 aromatic carbocycles. The minimum atomic E-state index is -1.36. The predicted molar refractivity (Wildman–Crippen MR) is 190 cm³/mol. The van der Waals surface area contributed by atoms with Crippen molar-refractivity contribution in [1.29, 1.82) is 0 Å². The zero-order chi connectivity index (χ0) is 32.4. The molecule has 4 unspecified atom stereocenters. The summed E-state index contributed by atoms with van der Waals surface area (Å²) in [6, 6.07) is 0. The van der Waals surface area contributed by atoms with E-state index in [4.69, 9.17) is 0 Å². The number of rotatable bonds is 37. The molecule has 266 valence electrons. The molecule has 0 amide bonds. The van der Waals surface area contributed by atoms with E-state index < -0.39 is 24.4 Å². The lowest BCUT2D eigenvalue weighted by Crippen LogP contribution is -2.50. The fourth-order valence-electron chi connectivity index (χ4n) is 6.09. The quantitative estimate of drug-likeness (QED) is 0.0385. The fourth-order valence-corrected chi connectivity index (χ4v) is 6.09. The molecule has 0 aliphatic rings. The van der Waals surface area contributed by atoms with Crippen LogP contribution in [0.3, 0.4) is 0 Å². The molecule has 4 atom stereocenters. The molecule has 0 radical (unpaired) electrons. The van der Waals surface area contributed by atoms with Crippen LogP contribution in [-0.4, -0.2) is 71.0 Å². The van der Waals surface area contributed by atoms with E-state index in [1.54, 1.807) is 0 Å². The lowest BCUT2D eigenvalue weighted by molar-refractivity contribution is -0.102. The van der Waals surface area contributed by atoms with Crippen molar-refractivity contribution in [1.82, 2.24) is 10.6 Å². The summed E-state index contributed by atoms with van der Waals surface area (Å²) in [4.78, 5) is 0. The second kappa shape index (κ2) is 35.6. The van der Waals surface area contributed by atoms with Gasteiger partial charge in [-0.3, -0.25) is 0 Å². The molecule has 6 N–H and O–H groups in total.